The maximum Gasteiger partial charge on any atom is 0.313 e. The Morgan fingerprint density at radius 1 is 1.11 bits per heavy atom. The van der Waals surface area contributed by atoms with Crippen molar-refractivity contribution in [1.82, 2.24) is 9.88 Å². The Morgan fingerprint density at radius 2 is 1.78 bits per heavy atom. The highest BCUT2D eigenvalue weighted by atomic mass is 16.5. The van der Waals surface area contributed by atoms with Gasteiger partial charge < -0.3 is 19.7 Å². The first-order valence-electron chi connectivity index (χ1n) is 8.87. The number of aryl methyl sites for hydroxylation is 1. The number of amides is 2. The second kappa shape index (κ2) is 8.18. The van der Waals surface area contributed by atoms with Gasteiger partial charge in [-0.05, 0) is 39.0 Å². The highest BCUT2D eigenvalue weighted by molar-refractivity contribution is 6.39. The smallest absolute Gasteiger partial charge is 0.313 e. The van der Waals surface area contributed by atoms with Crippen LogP contribution >= 0.6 is 0 Å². The molecule has 0 saturated carbocycles. The molecular formula is C20H23N3O4. The number of carbonyl (C=O) groups is 2. The van der Waals surface area contributed by atoms with Crippen molar-refractivity contribution in [2.24, 2.45) is 0 Å². The maximum absolute atomic E-state index is 12.3. The van der Waals surface area contributed by atoms with Crippen LogP contribution in [0, 0.1) is 6.92 Å². The summed E-state index contributed by atoms with van der Waals surface area (Å²) >= 11 is 0. The number of anilines is 1. The zero-order chi connectivity index (χ0) is 19.4. The van der Waals surface area contributed by atoms with Gasteiger partial charge >= 0.3 is 11.8 Å². The van der Waals surface area contributed by atoms with E-state index in [9.17, 15) is 9.59 Å². The van der Waals surface area contributed by atoms with Crippen molar-refractivity contribution in [2.45, 2.75) is 33.0 Å². The van der Waals surface area contributed by atoms with Gasteiger partial charge in [-0.15, -0.1) is 0 Å². The van der Waals surface area contributed by atoms with E-state index >= 15 is 0 Å². The summed E-state index contributed by atoms with van der Waals surface area (Å²) in [6.45, 7) is 6.56. The Morgan fingerprint density at radius 3 is 2.37 bits per heavy atom. The number of benzene rings is 1. The molecule has 27 heavy (non-hydrogen) atoms. The Labute approximate surface area is 158 Å². The lowest BCUT2D eigenvalue weighted by Gasteiger charge is -2.34. The van der Waals surface area contributed by atoms with Crippen molar-refractivity contribution in [2.75, 3.05) is 18.4 Å². The number of morpholine rings is 1. The topological polar surface area (TPSA) is 80.8 Å². The first-order chi connectivity index (χ1) is 12.9. The van der Waals surface area contributed by atoms with E-state index in [0.29, 0.717) is 30.4 Å². The van der Waals surface area contributed by atoms with Gasteiger partial charge in [-0.2, -0.15) is 0 Å². The third-order valence-electron chi connectivity index (χ3n) is 4.14. The molecule has 1 N–H and O–H groups in total. The van der Waals surface area contributed by atoms with Crippen LogP contribution in [0.15, 0.2) is 42.6 Å². The molecule has 7 heteroatoms. The summed E-state index contributed by atoms with van der Waals surface area (Å²) in [7, 11) is 0. The Balaban J connectivity index is 1.58. The van der Waals surface area contributed by atoms with Crippen LogP contribution in [0.1, 0.15) is 19.4 Å². The second-order valence-corrected chi connectivity index (χ2v) is 6.72. The first-order valence-corrected chi connectivity index (χ1v) is 8.87. The highest BCUT2D eigenvalue weighted by Gasteiger charge is 2.29. The van der Waals surface area contributed by atoms with Crippen LogP contribution in [-0.2, 0) is 14.3 Å². The van der Waals surface area contributed by atoms with E-state index in [-0.39, 0.29) is 12.2 Å². The molecule has 0 spiro atoms. The summed E-state index contributed by atoms with van der Waals surface area (Å²) in [5, 5.41) is 2.58. The number of rotatable bonds is 3. The number of ether oxygens (including phenoxy) is 2. The molecule has 1 aromatic heterocycles. The average molecular weight is 369 g/mol. The van der Waals surface area contributed by atoms with Gasteiger partial charge in [0.15, 0.2) is 0 Å². The lowest BCUT2D eigenvalue weighted by atomic mass is 10.2. The summed E-state index contributed by atoms with van der Waals surface area (Å²) in [5.74, 6) is -0.183. The van der Waals surface area contributed by atoms with Gasteiger partial charge in [0, 0.05) is 19.2 Å². The van der Waals surface area contributed by atoms with Gasteiger partial charge in [0.05, 0.1) is 24.1 Å². The van der Waals surface area contributed by atoms with Crippen molar-refractivity contribution in [3.8, 4) is 11.6 Å². The molecule has 1 aromatic carbocycles. The number of carbonyl (C=O) groups excluding carboxylic acids is 2. The van der Waals surface area contributed by atoms with E-state index < -0.39 is 11.8 Å². The van der Waals surface area contributed by atoms with Crippen LogP contribution in [0.2, 0.25) is 0 Å². The van der Waals surface area contributed by atoms with Gasteiger partial charge in [0.25, 0.3) is 0 Å². The summed E-state index contributed by atoms with van der Waals surface area (Å²) < 4.78 is 11.2. The zero-order valence-electron chi connectivity index (χ0n) is 15.6. The van der Waals surface area contributed by atoms with Crippen molar-refractivity contribution < 1.29 is 19.1 Å². The van der Waals surface area contributed by atoms with Gasteiger partial charge in [-0.3, -0.25) is 9.59 Å². The third-order valence-corrected chi connectivity index (χ3v) is 4.14. The molecule has 142 valence electrons. The number of hydrogen-bond donors (Lipinski definition) is 1. The van der Waals surface area contributed by atoms with Gasteiger partial charge in [0.2, 0.25) is 5.88 Å². The van der Waals surface area contributed by atoms with E-state index in [4.69, 9.17) is 9.47 Å². The minimum atomic E-state index is -0.690. The van der Waals surface area contributed by atoms with E-state index in [0.717, 1.165) is 5.56 Å². The molecule has 1 aliphatic heterocycles. The highest BCUT2D eigenvalue weighted by Crippen LogP contribution is 2.21. The molecule has 2 heterocycles. The molecular weight excluding hydrogens is 346 g/mol. The monoisotopic (exact) mass is 369 g/mol. The van der Waals surface area contributed by atoms with E-state index in [1.807, 2.05) is 45.0 Å². The number of nitrogens with one attached hydrogen (secondary N) is 1. The average Bonchev–Trinajstić information content (AvgIpc) is 2.63. The zero-order valence-corrected chi connectivity index (χ0v) is 15.6. The lowest BCUT2D eigenvalue weighted by molar-refractivity contribution is -0.151. The number of pyridine rings is 1. The van der Waals surface area contributed by atoms with Crippen molar-refractivity contribution in [3.63, 3.8) is 0 Å². The predicted octanol–water partition coefficient (Wildman–Crippen LogP) is 2.76. The van der Waals surface area contributed by atoms with E-state index in [1.165, 1.54) is 11.1 Å². The maximum atomic E-state index is 12.3. The fraction of sp³-hybridized carbons (Fsp3) is 0.350. The standard InChI is InChI=1S/C20H23N3O4/c1-13-4-7-17(8-5-13)27-18-9-6-16(10-21-18)22-19(24)20(25)23-11-14(2)26-15(3)12-23/h4-10,14-15H,11-12H2,1-3H3,(H,22,24)/t14-,15+. The first kappa shape index (κ1) is 18.8. The molecule has 7 nitrogen and oxygen atoms in total. The molecule has 0 unspecified atom stereocenters. The van der Waals surface area contributed by atoms with Crippen molar-refractivity contribution in [3.05, 3.63) is 48.2 Å². The minimum absolute atomic E-state index is 0.0922. The van der Waals surface area contributed by atoms with Crippen LogP contribution in [0.3, 0.4) is 0 Å². The van der Waals surface area contributed by atoms with E-state index in [2.05, 4.69) is 10.3 Å². The summed E-state index contributed by atoms with van der Waals surface area (Å²) in [6, 6.07) is 10.9. The molecule has 1 saturated heterocycles. The second-order valence-electron chi connectivity index (χ2n) is 6.72. The molecule has 1 aliphatic rings. The molecule has 2 amide bonds. The lowest BCUT2D eigenvalue weighted by Crippen LogP contribution is -2.51. The number of hydrogen-bond acceptors (Lipinski definition) is 5. The third kappa shape index (κ3) is 5.04. The Bertz CT molecular complexity index is 795. The SMILES string of the molecule is Cc1ccc(Oc2ccc(NC(=O)C(=O)N3C[C@@H](C)O[C@@H](C)C3)cn2)cc1. The normalized spacial score (nSPS) is 19.4. The van der Waals surface area contributed by atoms with Gasteiger partial charge in [0.1, 0.15) is 5.75 Å². The molecule has 3 rings (SSSR count). The van der Waals surface area contributed by atoms with Crippen LogP contribution in [-0.4, -0.2) is 47.0 Å². The molecule has 0 aliphatic carbocycles. The molecule has 2 aromatic rings. The van der Waals surface area contributed by atoms with Crippen molar-refractivity contribution >= 4 is 17.5 Å². The van der Waals surface area contributed by atoms with Crippen LogP contribution in [0.4, 0.5) is 5.69 Å². The number of nitrogens with zero attached hydrogens (tertiary/aromatic N) is 2. The fourth-order valence-corrected chi connectivity index (χ4v) is 2.91. The quantitative estimate of drug-likeness (QED) is 0.842. The molecule has 2 atom stereocenters. The van der Waals surface area contributed by atoms with Crippen LogP contribution in [0.5, 0.6) is 11.6 Å². The summed E-state index contributed by atoms with van der Waals surface area (Å²) in [6.07, 6.45) is 1.27. The van der Waals surface area contributed by atoms with Gasteiger partial charge in [-0.25, -0.2) is 4.98 Å². The fourth-order valence-electron chi connectivity index (χ4n) is 2.91. The largest absolute Gasteiger partial charge is 0.439 e. The van der Waals surface area contributed by atoms with Gasteiger partial charge in [-0.1, -0.05) is 17.7 Å². The van der Waals surface area contributed by atoms with Crippen LogP contribution < -0.4 is 10.1 Å². The molecule has 0 bridgehead atoms. The van der Waals surface area contributed by atoms with Crippen LogP contribution in [0.25, 0.3) is 0 Å². The molecule has 1 fully saturated rings. The minimum Gasteiger partial charge on any atom is -0.439 e. The van der Waals surface area contributed by atoms with E-state index in [1.54, 1.807) is 12.1 Å². The predicted molar refractivity (Wildman–Crippen MR) is 101 cm³/mol. The Hall–Kier alpha value is -2.93. The molecule has 0 radical (unpaired) electrons. The summed E-state index contributed by atoms with van der Waals surface area (Å²) in [5.41, 5.74) is 1.57. The Kier molecular flexibility index (Phi) is 5.71. The van der Waals surface area contributed by atoms with Crippen molar-refractivity contribution in [1.29, 1.82) is 0 Å². The number of aromatic nitrogens is 1. The summed E-state index contributed by atoms with van der Waals surface area (Å²) in [4.78, 5) is 30.2.